The molecular formula is C10H15N7S. The number of rotatable bonds is 6. The van der Waals surface area contributed by atoms with Crippen molar-refractivity contribution >= 4 is 11.8 Å². The lowest BCUT2D eigenvalue weighted by Gasteiger charge is -2.05. The molecule has 0 saturated heterocycles. The minimum absolute atomic E-state index is 0.366. The molecule has 8 heteroatoms. The van der Waals surface area contributed by atoms with Gasteiger partial charge in [0.1, 0.15) is 18.0 Å². The molecule has 0 unspecified atom stereocenters. The van der Waals surface area contributed by atoms with Crippen LogP contribution in [0.5, 0.6) is 0 Å². The number of aromatic nitrogens is 6. The molecule has 0 aliphatic heterocycles. The van der Waals surface area contributed by atoms with Crippen LogP contribution in [0.25, 0.3) is 0 Å². The van der Waals surface area contributed by atoms with Crippen LogP contribution in [0.1, 0.15) is 11.6 Å². The number of hydrogen-bond donors (Lipinski definition) is 1. The Kier molecular flexibility index (Phi) is 4.11. The highest BCUT2D eigenvalue weighted by molar-refractivity contribution is 7.98. The highest BCUT2D eigenvalue weighted by atomic mass is 32.2. The van der Waals surface area contributed by atoms with E-state index >= 15 is 0 Å². The van der Waals surface area contributed by atoms with E-state index in [9.17, 15) is 0 Å². The third-order valence-electron chi connectivity index (χ3n) is 2.42. The zero-order valence-electron chi connectivity index (χ0n) is 10.2. The fourth-order valence-corrected chi connectivity index (χ4v) is 2.41. The SMILES string of the molecule is C=CCn1c(CN)nnc1SCc1nncn1C. The van der Waals surface area contributed by atoms with Gasteiger partial charge in [-0.05, 0) is 0 Å². The minimum Gasteiger partial charge on any atom is -0.324 e. The monoisotopic (exact) mass is 265 g/mol. The maximum absolute atomic E-state index is 5.62. The quantitative estimate of drug-likeness (QED) is 0.599. The van der Waals surface area contributed by atoms with Crippen LogP contribution in [-0.2, 0) is 25.9 Å². The van der Waals surface area contributed by atoms with E-state index in [0.29, 0.717) is 18.8 Å². The first kappa shape index (κ1) is 12.8. The molecule has 2 aromatic heterocycles. The molecule has 0 aliphatic carbocycles. The number of hydrogen-bond acceptors (Lipinski definition) is 6. The van der Waals surface area contributed by atoms with Gasteiger partial charge in [0.05, 0.1) is 12.3 Å². The van der Waals surface area contributed by atoms with E-state index in [2.05, 4.69) is 27.0 Å². The van der Waals surface area contributed by atoms with E-state index < -0.39 is 0 Å². The summed E-state index contributed by atoms with van der Waals surface area (Å²) in [5.74, 6) is 2.34. The average Bonchev–Trinajstić information content (AvgIpc) is 2.94. The molecule has 2 rings (SSSR count). The molecule has 2 N–H and O–H groups in total. The summed E-state index contributed by atoms with van der Waals surface area (Å²) in [4.78, 5) is 0. The first-order valence-electron chi connectivity index (χ1n) is 5.45. The molecule has 0 spiro atoms. The van der Waals surface area contributed by atoms with E-state index in [0.717, 1.165) is 16.8 Å². The summed E-state index contributed by atoms with van der Waals surface area (Å²) in [5, 5.41) is 16.9. The van der Waals surface area contributed by atoms with Crippen LogP contribution < -0.4 is 5.73 Å². The molecule has 2 heterocycles. The number of allylic oxidation sites excluding steroid dienone is 1. The van der Waals surface area contributed by atoms with Gasteiger partial charge in [-0.15, -0.1) is 27.0 Å². The predicted molar refractivity (Wildman–Crippen MR) is 68.7 cm³/mol. The molecule has 2 aromatic rings. The lowest BCUT2D eigenvalue weighted by Crippen LogP contribution is -2.08. The highest BCUT2D eigenvalue weighted by Crippen LogP contribution is 2.20. The molecule has 0 radical (unpaired) electrons. The van der Waals surface area contributed by atoms with E-state index in [1.807, 2.05) is 16.2 Å². The van der Waals surface area contributed by atoms with Crippen molar-refractivity contribution in [2.45, 2.75) is 24.0 Å². The first-order valence-corrected chi connectivity index (χ1v) is 6.43. The number of nitrogens with zero attached hydrogens (tertiary/aromatic N) is 6. The Bertz CT molecular complexity index is 530. The number of nitrogens with two attached hydrogens (primary N) is 1. The van der Waals surface area contributed by atoms with Crippen LogP contribution in [0.3, 0.4) is 0 Å². The second-order valence-electron chi connectivity index (χ2n) is 3.65. The van der Waals surface area contributed by atoms with Gasteiger partial charge in [-0.3, -0.25) is 0 Å². The molecular weight excluding hydrogens is 250 g/mol. The van der Waals surface area contributed by atoms with E-state index in [1.54, 1.807) is 24.2 Å². The average molecular weight is 265 g/mol. The molecule has 18 heavy (non-hydrogen) atoms. The van der Waals surface area contributed by atoms with Crippen LogP contribution in [0.4, 0.5) is 0 Å². The number of aryl methyl sites for hydroxylation is 1. The van der Waals surface area contributed by atoms with Crippen molar-refractivity contribution in [2.24, 2.45) is 12.8 Å². The molecule has 0 atom stereocenters. The summed E-state index contributed by atoms with van der Waals surface area (Å²) in [6.07, 6.45) is 3.48. The Balaban J connectivity index is 2.11. The Morgan fingerprint density at radius 2 is 2.22 bits per heavy atom. The maximum atomic E-state index is 5.62. The zero-order chi connectivity index (χ0) is 13.0. The van der Waals surface area contributed by atoms with Gasteiger partial charge in [-0.2, -0.15) is 0 Å². The molecule has 0 bridgehead atoms. The lowest BCUT2D eigenvalue weighted by molar-refractivity contribution is 0.679. The van der Waals surface area contributed by atoms with Gasteiger partial charge < -0.3 is 14.9 Å². The summed E-state index contributed by atoms with van der Waals surface area (Å²) in [5.41, 5.74) is 5.62. The van der Waals surface area contributed by atoms with Crippen LogP contribution >= 0.6 is 11.8 Å². The Labute approximate surface area is 109 Å². The Morgan fingerprint density at radius 3 is 2.83 bits per heavy atom. The summed E-state index contributed by atoms with van der Waals surface area (Å²) in [6, 6.07) is 0. The van der Waals surface area contributed by atoms with Gasteiger partial charge in [0, 0.05) is 13.6 Å². The minimum atomic E-state index is 0.366. The molecule has 96 valence electrons. The molecule has 0 amide bonds. The molecule has 0 saturated carbocycles. The van der Waals surface area contributed by atoms with Crippen LogP contribution in [0.2, 0.25) is 0 Å². The fourth-order valence-electron chi connectivity index (χ4n) is 1.46. The summed E-state index contributed by atoms with van der Waals surface area (Å²) >= 11 is 1.56. The second kappa shape index (κ2) is 5.78. The molecule has 0 aliphatic rings. The van der Waals surface area contributed by atoms with Crippen LogP contribution in [-0.4, -0.2) is 29.5 Å². The van der Waals surface area contributed by atoms with Crippen molar-refractivity contribution in [2.75, 3.05) is 0 Å². The number of thioether (sulfide) groups is 1. The fraction of sp³-hybridized carbons (Fsp3) is 0.400. The van der Waals surface area contributed by atoms with Gasteiger partial charge in [0.2, 0.25) is 0 Å². The third-order valence-corrected chi connectivity index (χ3v) is 3.39. The molecule has 7 nitrogen and oxygen atoms in total. The van der Waals surface area contributed by atoms with Gasteiger partial charge in [0.25, 0.3) is 0 Å². The van der Waals surface area contributed by atoms with Crippen molar-refractivity contribution in [3.05, 3.63) is 30.6 Å². The molecule has 0 fully saturated rings. The summed E-state index contributed by atoms with van der Waals surface area (Å²) in [7, 11) is 1.91. The van der Waals surface area contributed by atoms with Crippen LogP contribution in [0, 0.1) is 0 Å². The second-order valence-corrected chi connectivity index (χ2v) is 4.59. The van der Waals surface area contributed by atoms with E-state index in [4.69, 9.17) is 5.73 Å². The predicted octanol–water partition coefficient (Wildman–Crippen LogP) is 0.344. The van der Waals surface area contributed by atoms with Gasteiger partial charge in [0.15, 0.2) is 5.16 Å². The Morgan fingerprint density at radius 1 is 1.39 bits per heavy atom. The highest BCUT2D eigenvalue weighted by Gasteiger charge is 2.11. The van der Waals surface area contributed by atoms with Gasteiger partial charge in [-0.25, -0.2) is 0 Å². The third kappa shape index (κ3) is 2.59. The van der Waals surface area contributed by atoms with Crippen molar-refractivity contribution in [1.82, 2.24) is 29.5 Å². The van der Waals surface area contributed by atoms with E-state index in [-0.39, 0.29) is 0 Å². The first-order chi connectivity index (χ1) is 8.76. The summed E-state index contributed by atoms with van der Waals surface area (Å²) in [6.45, 7) is 4.74. The van der Waals surface area contributed by atoms with Crippen LogP contribution in [0.15, 0.2) is 24.1 Å². The van der Waals surface area contributed by atoms with E-state index in [1.165, 1.54) is 0 Å². The summed E-state index contributed by atoms with van der Waals surface area (Å²) < 4.78 is 3.83. The largest absolute Gasteiger partial charge is 0.324 e. The maximum Gasteiger partial charge on any atom is 0.191 e. The van der Waals surface area contributed by atoms with Gasteiger partial charge >= 0.3 is 0 Å². The topological polar surface area (TPSA) is 87.4 Å². The normalized spacial score (nSPS) is 10.8. The molecule has 0 aromatic carbocycles. The van der Waals surface area contributed by atoms with Crippen molar-refractivity contribution in [3.63, 3.8) is 0 Å². The smallest absolute Gasteiger partial charge is 0.191 e. The standard InChI is InChI=1S/C10H15N7S/c1-3-4-17-8(5-11)14-15-10(17)18-6-9-13-12-7-16(9)2/h3,7H,1,4-6,11H2,2H3. The van der Waals surface area contributed by atoms with Crippen molar-refractivity contribution in [1.29, 1.82) is 0 Å². The van der Waals surface area contributed by atoms with Crippen molar-refractivity contribution in [3.8, 4) is 0 Å². The van der Waals surface area contributed by atoms with Crippen molar-refractivity contribution < 1.29 is 0 Å². The Hall–Kier alpha value is -1.67. The zero-order valence-corrected chi connectivity index (χ0v) is 11.0. The van der Waals surface area contributed by atoms with Gasteiger partial charge in [-0.1, -0.05) is 17.8 Å². The lowest BCUT2D eigenvalue weighted by atomic mass is 10.5.